The number of aromatic nitrogens is 5. The molecular formula is C12H19N5OS. The van der Waals surface area contributed by atoms with E-state index >= 15 is 0 Å². The van der Waals surface area contributed by atoms with Crippen LogP contribution in [-0.2, 0) is 17.7 Å². The molecule has 1 unspecified atom stereocenters. The molecule has 0 spiro atoms. The van der Waals surface area contributed by atoms with Crippen LogP contribution in [0.2, 0.25) is 0 Å². The minimum atomic E-state index is 0.0488. The molecule has 2 rings (SSSR count). The lowest BCUT2D eigenvalue weighted by Gasteiger charge is -2.07. The lowest BCUT2D eigenvalue weighted by molar-refractivity contribution is 0.0761. The van der Waals surface area contributed by atoms with E-state index in [4.69, 9.17) is 4.74 Å². The minimum absolute atomic E-state index is 0.0488. The van der Waals surface area contributed by atoms with Crippen LogP contribution in [0.5, 0.6) is 0 Å². The number of nitrogens with zero attached hydrogens (tertiary/aromatic N) is 5. The van der Waals surface area contributed by atoms with E-state index in [0.717, 1.165) is 29.4 Å². The quantitative estimate of drug-likeness (QED) is 0.778. The van der Waals surface area contributed by atoms with Crippen LogP contribution in [-0.4, -0.2) is 31.8 Å². The normalized spacial score (nSPS) is 12.8. The van der Waals surface area contributed by atoms with Crippen LogP contribution in [0.3, 0.4) is 0 Å². The molecule has 0 radical (unpaired) electrons. The van der Waals surface area contributed by atoms with Crippen LogP contribution < -0.4 is 0 Å². The van der Waals surface area contributed by atoms with E-state index in [0.29, 0.717) is 13.2 Å². The number of tetrazole rings is 1. The Morgan fingerprint density at radius 1 is 1.42 bits per heavy atom. The number of hydrogen-bond acceptors (Lipinski definition) is 6. The zero-order valence-electron chi connectivity index (χ0n) is 11.5. The summed E-state index contributed by atoms with van der Waals surface area (Å²) in [5.74, 6) is 0.912. The number of rotatable bonds is 7. The maximum Gasteiger partial charge on any atom is 0.151 e. The fraction of sp³-hybridized carbons (Fsp3) is 0.667. The molecule has 1 atom stereocenters. The second kappa shape index (κ2) is 6.72. The molecule has 104 valence electrons. The first-order valence-corrected chi connectivity index (χ1v) is 7.43. The molecule has 7 heteroatoms. The van der Waals surface area contributed by atoms with Crippen LogP contribution in [0.1, 0.15) is 49.8 Å². The smallest absolute Gasteiger partial charge is 0.151 e. The third-order valence-electron chi connectivity index (χ3n) is 2.73. The van der Waals surface area contributed by atoms with Gasteiger partial charge >= 0.3 is 0 Å². The molecule has 0 aliphatic carbocycles. The summed E-state index contributed by atoms with van der Waals surface area (Å²) in [5.41, 5.74) is 0.983. The molecule has 0 fully saturated rings. The average molecular weight is 281 g/mol. The number of aryl methyl sites for hydroxylation is 1. The molecule has 0 aliphatic rings. The molecule has 0 aliphatic heterocycles. The molecule has 0 saturated carbocycles. The lowest BCUT2D eigenvalue weighted by atomic mass is 10.3. The average Bonchev–Trinajstić information content (AvgIpc) is 3.01. The summed E-state index contributed by atoms with van der Waals surface area (Å²) in [6.07, 6.45) is 1.97. The first-order valence-electron chi connectivity index (χ1n) is 6.55. The Labute approximate surface area is 116 Å². The highest BCUT2D eigenvalue weighted by Crippen LogP contribution is 2.21. The predicted molar refractivity (Wildman–Crippen MR) is 73.1 cm³/mol. The number of thiazole rings is 1. The van der Waals surface area contributed by atoms with E-state index < -0.39 is 0 Å². The van der Waals surface area contributed by atoms with Crippen molar-refractivity contribution in [3.63, 3.8) is 0 Å². The molecule has 0 aromatic carbocycles. The maximum absolute atomic E-state index is 5.54. The Bertz CT molecular complexity index is 510. The Balaban J connectivity index is 2.05. The summed E-state index contributed by atoms with van der Waals surface area (Å²) in [5, 5.41) is 14.8. The zero-order chi connectivity index (χ0) is 13.7. The van der Waals surface area contributed by atoms with Gasteiger partial charge in [0.25, 0.3) is 0 Å². The van der Waals surface area contributed by atoms with Crippen LogP contribution in [0.4, 0.5) is 0 Å². The molecule has 2 heterocycles. The lowest BCUT2D eigenvalue weighted by Crippen LogP contribution is -2.08. The van der Waals surface area contributed by atoms with Crippen molar-refractivity contribution < 1.29 is 4.74 Å². The largest absolute Gasteiger partial charge is 0.372 e. The fourth-order valence-corrected chi connectivity index (χ4v) is 2.62. The molecule has 0 saturated heterocycles. The molecule has 0 bridgehead atoms. The van der Waals surface area contributed by atoms with Gasteiger partial charge in [0.1, 0.15) is 11.1 Å². The Morgan fingerprint density at radius 2 is 2.26 bits per heavy atom. The maximum atomic E-state index is 5.54. The van der Waals surface area contributed by atoms with Gasteiger partial charge < -0.3 is 4.74 Å². The number of hydrogen-bond donors (Lipinski definition) is 0. The Kier molecular flexibility index (Phi) is 4.98. The van der Waals surface area contributed by atoms with E-state index in [9.17, 15) is 0 Å². The standard InChI is InChI=1S/C12H19N5OS/c1-4-6-11-14-15-16-17(11)7-10-8-19-12(13-10)9(3)18-5-2/h8-9H,4-7H2,1-3H3. The molecule has 19 heavy (non-hydrogen) atoms. The van der Waals surface area contributed by atoms with Crippen molar-refractivity contribution >= 4 is 11.3 Å². The summed E-state index contributed by atoms with van der Waals surface area (Å²) in [4.78, 5) is 4.58. The third-order valence-corrected chi connectivity index (χ3v) is 3.78. The summed E-state index contributed by atoms with van der Waals surface area (Å²) in [6.45, 7) is 7.44. The van der Waals surface area contributed by atoms with Gasteiger partial charge in [0.15, 0.2) is 5.82 Å². The first-order chi connectivity index (χ1) is 9.24. The first kappa shape index (κ1) is 14.1. The fourth-order valence-electron chi connectivity index (χ4n) is 1.81. The van der Waals surface area contributed by atoms with Gasteiger partial charge in [-0.15, -0.1) is 16.4 Å². The molecule has 0 amide bonds. The van der Waals surface area contributed by atoms with Crippen molar-refractivity contribution in [3.05, 3.63) is 21.9 Å². The molecule has 6 nitrogen and oxygen atoms in total. The van der Waals surface area contributed by atoms with Crippen molar-refractivity contribution in [1.29, 1.82) is 0 Å². The van der Waals surface area contributed by atoms with Crippen molar-refractivity contribution in [1.82, 2.24) is 25.2 Å². The summed E-state index contributed by atoms with van der Waals surface area (Å²) >= 11 is 1.62. The summed E-state index contributed by atoms with van der Waals surface area (Å²) < 4.78 is 7.35. The molecule has 2 aromatic heterocycles. The van der Waals surface area contributed by atoms with Crippen molar-refractivity contribution in [2.75, 3.05) is 6.61 Å². The summed E-state index contributed by atoms with van der Waals surface area (Å²) in [6, 6.07) is 0. The van der Waals surface area contributed by atoms with Gasteiger partial charge in [-0.05, 0) is 30.7 Å². The van der Waals surface area contributed by atoms with Gasteiger partial charge in [0, 0.05) is 18.4 Å². The van der Waals surface area contributed by atoms with E-state index in [1.165, 1.54) is 0 Å². The van der Waals surface area contributed by atoms with Crippen LogP contribution >= 0.6 is 11.3 Å². The molecule has 2 aromatic rings. The zero-order valence-corrected chi connectivity index (χ0v) is 12.4. The van der Waals surface area contributed by atoms with E-state index in [2.05, 4.69) is 27.4 Å². The van der Waals surface area contributed by atoms with Crippen molar-refractivity contribution in [2.24, 2.45) is 0 Å². The number of ether oxygens (including phenoxy) is 1. The second-order valence-corrected chi connectivity index (χ2v) is 5.17. The van der Waals surface area contributed by atoms with Gasteiger partial charge in [-0.25, -0.2) is 9.67 Å². The highest BCUT2D eigenvalue weighted by Gasteiger charge is 2.12. The van der Waals surface area contributed by atoms with Crippen LogP contribution in [0.15, 0.2) is 5.38 Å². The predicted octanol–water partition coefficient (Wildman–Crippen LogP) is 2.23. The Hall–Kier alpha value is -1.34. The van der Waals surface area contributed by atoms with Crippen LogP contribution in [0.25, 0.3) is 0 Å². The molecule has 0 N–H and O–H groups in total. The van der Waals surface area contributed by atoms with Gasteiger partial charge in [-0.1, -0.05) is 6.92 Å². The van der Waals surface area contributed by atoms with Crippen molar-refractivity contribution in [2.45, 2.75) is 46.3 Å². The van der Waals surface area contributed by atoms with Gasteiger partial charge in [0.05, 0.1) is 12.2 Å². The highest BCUT2D eigenvalue weighted by molar-refractivity contribution is 7.09. The second-order valence-electron chi connectivity index (χ2n) is 4.28. The minimum Gasteiger partial charge on any atom is -0.372 e. The van der Waals surface area contributed by atoms with Gasteiger partial charge in [-0.2, -0.15) is 0 Å². The third kappa shape index (κ3) is 3.57. The van der Waals surface area contributed by atoms with Crippen molar-refractivity contribution in [3.8, 4) is 0 Å². The Morgan fingerprint density at radius 3 is 3.00 bits per heavy atom. The summed E-state index contributed by atoms with van der Waals surface area (Å²) in [7, 11) is 0. The van der Waals surface area contributed by atoms with E-state index in [1.807, 2.05) is 23.9 Å². The monoisotopic (exact) mass is 281 g/mol. The topological polar surface area (TPSA) is 65.7 Å². The highest BCUT2D eigenvalue weighted by atomic mass is 32.1. The van der Waals surface area contributed by atoms with Gasteiger partial charge in [0.2, 0.25) is 0 Å². The molecular weight excluding hydrogens is 262 g/mol. The van der Waals surface area contributed by atoms with E-state index in [-0.39, 0.29) is 6.10 Å². The van der Waals surface area contributed by atoms with Crippen LogP contribution in [0, 0.1) is 0 Å². The SMILES string of the molecule is CCCc1nnnn1Cc1csc(C(C)OCC)n1. The van der Waals surface area contributed by atoms with E-state index in [1.54, 1.807) is 11.3 Å². The van der Waals surface area contributed by atoms with Gasteiger partial charge in [-0.3, -0.25) is 0 Å².